The summed E-state index contributed by atoms with van der Waals surface area (Å²) in [7, 11) is -0.651. The predicted molar refractivity (Wildman–Crippen MR) is 92.2 cm³/mol. The van der Waals surface area contributed by atoms with Crippen LogP contribution in [0.3, 0.4) is 0 Å². The number of hydrogen-bond donors (Lipinski definition) is 0. The van der Waals surface area contributed by atoms with Crippen LogP contribution in [0.25, 0.3) is 0 Å². The molecule has 24 heavy (non-hydrogen) atoms. The van der Waals surface area contributed by atoms with Crippen molar-refractivity contribution in [2.75, 3.05) is 14.2 Å². The third-order valence-corrected chi connectivity index (χ3v) is 4.97. The number of aryl methyl sites for hydroxylation is 1. The van der Waals surface area contributed by atoms with Gasteiger partial charge in [0, 0.05) is 12.5 Å². The Morgan fingerprint density at radius 2 is 1.50 bits per heavy atom. The molecule has 0 radical (unpaired) electrons. The van der Waals surface area contributed by atoms with Gasteiger partial charge in [-0.1, -0.05) is 17.7 Å². The molecule has 0 spiro atoms. The zero-order chi connectivity index (χ0) is 17.7. The second-order valence-corrected chi connectivity index (χ2v) is 7.17. The SMILES string of the molecule is COc1cc(C[C@H](C)OS(=O)(=O)c2ccc(C)cc2)cc(OC)c1. The summed E-state index contributed by atoms with van der Waals surface area (Å²) in [6.07, 6.45) is -0.105. The molecule has 2 aromatic rings. The highest BCUT2D eigenvalue weighted by molar-refractivity contribution is 7.86. The maximum absolute atomic E-state index is 12.3. The Balaban J connectivity index is 2.12. The molecule has 0 aromatic heterocycles. The molecular formula is C18H22O5S. The van der Waals surface area contributed by atoms with Gasteiger partial charge in [-0.2, -0.15) is 8.42 Å². The number of rotatable bonds is 7. The molecule has 0 heterocycles. The molecule has 130 valence electrons. The Morgan fingerprint density at radius 3 is 2.00 bits per heavy atom. The summed E-state index contributed by atoms with van der Waals surface area (Å²) in [6, 6.07) is 12.0. The summed E-state index contributed by atoms with van der Waals surface area (Å²) in [5.74, 6) is 1.30. The smallest absolute Gasteiger partial charge is 0.297 e. The maximum atomic E-state index is 12.3. The molecule has 1 atom stereocenters. The minimum Gasteiger partial charge on any atom is -0.497 e. The average Bonchev–Trinajstić information content (AvgIpc) is 2.54. The van der Waals surface area contributed by atoms with Gasteiger partial charge in [-0.15, -0.1) is 0 Å². The third-order valence-electron chi connectivity index (χ3n) is 3.53. The first kappa shape index (κ1) is 18.3. The molecule has 0 aliphatic heterocycles. The minimum absolute atomic E-state index is 0.156. The summed E-state index contributed by atoms with van der Waals surface area (Å²) in [5, 5.41) is 0. The molecule has 0 saturated heterocycles. The van der Waals surface area contributed by atoms with Crippen LogP contribution in [-0.2, 0) is 20.7 Å². The zero-order valence-corrected chi connectivity index (χ0v) is 15.1. The fourth-order valence-corrected chi connectivity index (χ4v) is 3.41. The van der Waals surface area contributed by atoms with Gasteiger partial charge in [0.2, 0.25) is 0 Å². The molecule has 0 saturated carbocycles. The van der Waals surface area contributed by atoms with Crippen molar-refractivity contribution in [3.05, 3.63) is 53.6 Å². The van der Waals surface area contributed by atoms with Gasteiger partial charge in [0.15, 0.2) is 0 Å². The van der Waals surface area contributed by atoms with Gasteiger partial charge in [0.25, 0.3) is 10.1 Å². The Labute approximate surface area is 143 Å². The van der Waals surface area contributed by atoms with Crippen molar-refractivity contribution < 1.29 is 22.1 Å². The van der Waals surface area contributed by atoms with E-state index in [1.165, 1.54) is 0 Å². The van der Waals surface area contributed by atoms with E-state index in [1.807, 2.05) is 19.1 Å². The first-order chi connectivity index (χ1) is 11.3. The van der Waals surface area contributed by atoms with Gasteiger partial charge >= 0.3 is 0 Å². The molecule has 0 aliphatic carbocycles. The molecule has 0 unspecified atom stereocenters. The van der Waals surface area contributed by atoms with Crippen molar-refractivity contribution in [1.29, 1.82) is 0 Å². The lowest BCUT2D eigenvalue weighted by Crippen LogP contribution is -2.18. The van der Waals surface area contributed by atoms with E-state index in [0.717, 1.165) is 11.1 Å². The van der Waals surface area contributed by atoms with E-state index in [0.29, 0.717) is 17.9 Å². The summed E-state index contributed by atoms with van der Waals surface area (Å²) in [4.78, 5) is 0.156. The van der Waals surface area contributed by atoms with E-state index in [2.05, 4.69) is 0 Å². The number of benzene rings is 2. The van der Waals surface area contributed by atoms with Crippen LogP contribution in [0.1, 0.15) is 18.1 Å². The Hall–Kier alpha value is -2.05. The first-order valence-electron chi connectivity index (χ1n) is 7.56. The van der Waals surface area contributed by atoms with E-state index in [-0.39, 0.29) is 4.90 Å². The van der Waals surface area contributed by atoms with Crippen LogP contribution < -0.4 is 9.47 Å². The Morgan fingerprint density at radius 1 is 0.958 bits per heavy atom. The summed E-state index contributed by atoms with van der Waals surface area (Å²) in [5.41, 5.74) is 1.86. The first-order valence-corrected chi connectivity index (χ1v) is 8.97. The highest BCUT2D eigenvalue weighted by Gasteiger charge is 2.19. The maximum Gasteiger partial charge on any atom is 0.297 e. The van der Waals surface area contributed by atoms with E-state index in [4.69, 9.17) is 13.7 Å². The van der Waals surface area contributed by atoms with Crippen LogP contribution in [0.4, 0.5) is 0 Å². The van der Waals surface area contributed by atoms with Gasteiger partial charge in [-0.05, 0) is 43.7 Å². The van der Waals surface area contributed by atoms with Crippen molar-refractivity contribution in [3.63, 3.8) is 0 Å². The molecule has 2 aromatic carbocycles. The van der Waals surface area contributed by atoms with Crippen LogP contribution >= 0.6 is 0 Å². The normalized spacial score (nSPS) is 12.7. The molecular weight excluding hydrogens is 328 g/mol. The van der Waals surface area contributed by atoms with Crippen molar-refractivity contribution in [3.8, 4) is 11.5 Å². The largest absolute Gasteiger partial charge is 0.497 e. The van der Waals surface area contributed by atoms with Crippen LogP contribution in [0.15, 0.2) is 47.4 Å². The molecule has 0 aliphatic rings. The standard InChI is InChI=1S/C18H22O5S/c1-13-5-7-18(8-6-13)24(19,20)23-14(2)9-15-10-16(21-3)12-17(11-15)22-4/h5-8,10-12,14H,9H2,1-4H3/t14-/m0/s1. The number of ether oxygens (including phenoxy) is 2. The minimum atomic E-state index is -3.79. The fraction of sp³-hybridized carbons (Fsp3) is 0.333. The number of methoxy groups -OCH3 is 2. The lowest BCUT2D eigenvalue weighted by atomic mass is 10.1. The lowest BCUT2D eigenvalue weighted by molar-refractivity contribution is 0.229. The van der Waals surface area contributed by atoms with Crippen LogP contribution in [-0.4, -0.2) is 28.7 Å². The summed E-state index contributed by atoms with van der Waals surface area (Å²) >= 11 is 0. The van der Waals surface area contributed by atoms with Gasteiger partial charge in [-0.3, -0.25) is 4.18 Å². The molecule has 2 rings (SSSR count). The van der Waals surface area contributed by atoms with E-state index >= 15 is 0 Å². The topological polar surface area (TPSA) is 61.8 Å². The van der Waals surface area contributed by atoms with E-state index < -0.39 is 16.2 Å². The van der Waals surface area contributed by atoms with Gasteiger partial charge in [0.05, 0.1) is 25.2 Å². The molecule has 5 nitrogen and oxygen atoms in total. The highest BCUT2D eigenvalue weighted by atomic mass is 32.2. The highest BCUT2D eigenvalue weighted by Crippen LogP contribution is 2.24. The van der Waals surface area contributed by atoms with Crippen molar-refractivity contribution in [2.45, 2.75) is 31.3 Å². The van der Waals surface area contributed by atoms with Crippen molar-refractivity contribution >= 4 is 10.1 Å². The van der Waals surface area contributed by atoms with Gasteiger partial charge in [-0.25, -0.2) is 0 Å². The summed E-state index contributed by atoms with van der Waals surface area (Å²) < 4.78 is 40.4. The average molecular weight is 350 g/mol. The van der Waals surface area contributed by atoms with Crippen LogP contribution in [0.5, 0.6) is 11.5 Å². The Bertz CT molecular complexity index is 759. The van der Waals surface area contributed by atoms with Crippen molar-refractivity contribution in [1.82, 2.24) is 0 Å². The third kappa shape index (κ3) is 4.72. The quantitative estimate of drug-likeness (QED) is 0.717. The fourth-order valence-electron chi connectivity index (χ4n) is 2.33. The van der Waals surface area contributed by atoms with E-state index in [9.17, 15) is 8.42 Å². The molecule has 0 bridgehead atoms. The predicted octanol–water partition coefficient (Wildman–Crippen LogP) is 3.35. The van der Waals surface area contributed by atoms with E-state index in [1.54, 1.807) is 51.5 Å². The molecule has 6 heteroatoms. The number of hydrogen-bond acceptors (Lipinski definition) is 5. The summed E-state index contributed by atoms with van der Waals surface area (Å²) in [6.45, 7) is 3.62. The molecule has 0 amide bonds. The lowest BCUT2D eigenvalue weighted by Gasteiger charge is -2.15. The monoisotopic (exact) mass is 350 g/mol. The van der Waals surface area contributed by atoms with Gasteiger partial charge < -0.3 is 9.47 Å². The van der Waals surface area contributed by atoms with Gasteiger partial charge in [0.1, 0.15) is 11.5 Å². The second kappa shape index (κ2) is 7.68. The molecule has 0 N–H and O–H groups in total. The van der Waals surface area contributed by atoms with Crippen molar-refractivity contribution in [2.24, 2.45) is 0 Å². The van der Waals surface area contributed by atoms with Crippen LogP contribution in [0, 0.1) is 6.92 Å². The van der Waals surface area contributed by atoms with Crippen LogP contribution in [0.2, 0.25) is 0 Å². The molecule has 0 fully saturated rings. The Kier molecular flexibility index (Phi) is 5.85. The second-order valence-electron chi connectivity index (χ2n) is 5.60. The zero-order valence-electron chi connectivity index (χ0n) is 14.3.